The van der Waals surface area contributed by atoms with Gasteiger partial charge in [-0.25, -0.2) is 17.2 Å². The molecule has 1 amide bonds. The zero-order valence-corrected chi connectivity index (χ0v) is 17.3. The molecular weight excluding hydrogens is 430 g/mol. The molecule has 0 aliphatic heterocycles. The van der Waals surface area contributed by atoms with E-state index in [1.54, 1.807) is 18.2 Å². The monoisotopic (exact) mass is 448 g/mol. The van der Waals surface area contributed by atoms with E-state index in [4.69, 9.17) is 9.47 Å². The molecule has 0 aliphatic rings. The van der Waals surface area contributed by atoms with Crippen molar-refractivity contribution in [3.05, 3.63) is 77.9 Å². The van der Waals surface area contributed by atoms with Crippen LogP contribution in [0.4, 0.5) is 20.2 Å². The minimum Gasteiger partial charge on any atom is -0.497 e. The first-order valence-electron chi connectivity index (χ1n) is 8.86. The zero-order chi connectivity index (χ0) is 22.6. The molecule has 162 valence electrons. The van der Waals surface area contributed by atoms with Gasteiger partial charge in [0.15, 0.2) is 4.90 Å². The van der Waals surface area contributed by atoms with Crippen molar-refractivity contribution in [2.45, 2.75) is 4.90 Å². The molecule has 0 aliphatic carbocycles. The number of amides is 1. The van der Waals surface area contributed by atoms with Crippen molar-refractivity contribution in [2.24, 2.45) is 0 Å². The number of anilines is 2. The predicted molar refractivity (Wildman–Crippen MR) is 111 cm³/mol. The summed E-state index contributed by atoms with van der Waals surface area (Å²) in [6.45, 7) is 0. The first kappa shape index (κ1) is 22.0. The lowest BCUT2D eigenvalue weighted by atomic mass is 10.1. The van der Waals surface area contributed by atoms with Crippen LogP contribution in [-0.2, 0) is 10.0 Å². The van der Waals surface area contributed by atoms with Gasteiger partial charge in [0.05, 0.1) is 31.2 Å². The molecule has 0 unspecified atom stereocenters. The van der Waals surface area contributed by atoms with Crippen LogP contribution in [-0.4, -0.2) is 28.5 Å². The lowest BCUT2D eigenvalue weighted by Gasteiger charge is -2.15. The predicted octanol–water partition coefficient (Wildman–Crippen LogP) is 4.04. The van der Waals surface area contributed by atoms with Gasteiger partial charge < -0.3 is 14.8 Å². The normalized spacial score (nSPS) is 11.0. The van der Waals surface area contributed by atoms with Gasteiger partial charge >= 0.3 is 0 Å². The molecule has 2 N–H and O–H groups in total. The number of carbonyl (C=O) groups excluding carboxylic acids is 1. The van der Waals surface area contributed by atoms with Crippen molar-refractivity contribution in [1.82, 2.24) is 0 Å². The number of halogens is 2. The van der Waals surface area contributed by atoms with Crippen LogP contribution in [0.3, 0.4) is 0 Å². The fraction of sp³-hybridized carbons (Fsp3) is 0.0952. The molecule has 7 nitrogen and oxygen atoms in total. The van der Waals surface area contributed by atoms with Gasteiger partial charge in [0.1, 0.15) is 23.1 Å². The van der Waals surface area contributed by atoms with Gasteiger partial charge in [0.2, 0.25) is 0 Å². The number of rotatable bonds is 7. The SMILES string of the molecule is COc1ccc(NC(=O)c2ccccc2NS(=O)(=O)c2c(F)cccc2F)c(OC)c1. The van der Waals surface area contributed by atoms with E-state index in [1.807, 2.05) is 0 Å². The Morgan fingerprint density at radius 2 is 1.55 bits per heavy atom. The summed E-state index contributed by atoms with van der Waals surface area (Å²) in [5.74, 6) is -2.35. The summed E-state index contributed by atoms with van der Waals surface area (Å²) in [4.78, 5) is 11.7. The van der Waals surface area contributed by atoms with Gasteiger partial charge in [-0.2, -0.15) is 0 Å². The van der Waals surface area contributed by atoms with E-state index in [9.17, 15) is 22.0 Å². The minimum absolute atomic E-state index is 0.0688. The van der Waals surface area contributed by atoms with E-state index in [0.717, 1.165) is 18.2 Å². The average molecular weight is 448 g/mol. The molecule has 0 saturated heterocycles. The van der Waals surface area contributed by atoms with Crippen LogP contribution in [0.2, 0.25) is 0 Å². The van der Waals surface area contributed by atoms with Crippen LogP contribution >= 0.6 is 0 Å². The number of carbonyl (C=O) groups is 1. The molecule has 3 aromatic carbocycles. The summed E-state index contributed by atoms with van der Waals surface area (Å²) in [7, 11) is -1.75. The fourth-order valence-corrected chi connectivity index (χ4v) is 4.02. The van der Waals surface area contributed by atoms with Crippen LogP contribution in [0, 0.1) is 11.6 Å². The lowest BCUT2D eigenvalue weighted by Crippen LogP contribution is -2.20. The molecule has 0 radical (unpaired) electrons. The molecule has 0 atom stereocenters. The van der Waals surface area contributed by atoms with Crippen LogP contribution in [0.15, 0.2) is 65.6 Å². The van der Waals surface area contributed by atoms with E-state index in [0.29, 0.717) is 17.2 Å². The lowest BCUT2D eigenvalue weighted by molar-refractivity contribution is 0.102. The Bertz CT molecular complexity index is 1210. The largest absolute Gasteiger partial charge is 0.497 e. The topological polar surface area (TPSA) is 93.7 Å². The van der Waals surface area contributed by atoms with Gasteiger partial charge in [-0.05, 0) is 36.4 Å². The first-order chi connectivity index (χ1) is 14.8. The number of hydrogen-bond acceptors (Lipinski definition) is 5. The number of ether oxygens (including phenoxy) is 2. The Morgan fingerprint density at radius 3 is 2.19 bits per heavy atom. The van der Waals surface area contributed by atoms with Crippen molar-refractivity contribution in [2.75, 3.05) is 24.3 Å². The summed E-state index contributed by atoms with van der Waals surface area (Å²) >= 11 is 0. The molecule has 0 heterocycles. The highest BCUT2D eigenvalue weighted by Gasteiger charge is 2.25. The summed E-state index contributed by atoms with van der Waals surface area (Å²) in [6.07, 6.45) is 0. The van der Waals surface area contributed by atoms with Crippen molar-refractivity contribution in [3.63, 3.8) is 0 Å². The molecule has 0 bridgehead atoms. The number of methoxy groups -OCH3 is 2. The fourth-order valence-electron chi connectivity index (χ4n) is 2.80. The van der Waals surface area contributed by atoms with E-state index < -0.39 is 32.5 Å². The van der Waals surface area contributed by atoms with Crippen LogP contribution in [0.1, 0.15) is 10.4 Å². The number of sulfonamides is 1. The van der Waals surface area contributed by atoms with Crippen LogP contribution in [0.5, 0.6) is 11.5 Å². The third-order valence-corrected chi connectivity index (χ3v) is 5.68. The van der Waals surface area contributed by atoms with E-state index in [1.165, 1.54) is 38.5 Å². The molecule has 3 aromatic rings. The highest BCUT2D eigenvalue weighted by Crippen LogP contribution is 2.30. The number of benzene rings is 3. The van der Waals surface area contributed by atoms with E-state index >= 15 is 0 Å². The van der Waals surface area contributed by atoms with Crippen molar-refractivity contribution in [1.29, 1.82) is 0 Å². The van der Waals surface area contributed by atoms with Gasteiger partial charge in [-0.1, -0.05) is 18.2 Å². The maximum Gasteiger partial charge on any atom is 0.267 e. The highest BCUT2D eigenvalue weighted by atomic mass is 32.2. The van der Waals surface area contributed by atoms with Crippen molar-refractivity contribution < 1.29 is 31.5 Å². The van der Waals surface area contributed by atoms with E-state index in [-0.39, 0.29) is 11.3 Å². The Hall–Kier alpha value is -3.66. The van der Waals surface area contributed by atoms with Gasteiger partial charge in [0, 0.05) is 6.07 Å². The summed E-state index contributed by atoms with van der Waals surface area (Å²) in [5.41, 5.74) is 0.0851. The standard InChI is InChI=1S/C21H18F2N2O5S/c1-29-13-10-11-18(19(12-13)30-2)24-21(26)14-6-3-4-9-17(14)25-31(27,28)20-15(22)7-5-8-16(20)23/h3-12,25H,1-2H3,(H,24,26). The van der Waals surface area contributed by atoms with Crippen molar-refractivity contribution in [3.8, 4) is 11.5 Å². The zero-order valence-electron chi connectivity index (χ0n) is 16.5. The molecule has 0 saturated carbocycles. The highest BCUT2D eigenvalue weighted by molar-refractivity contribution is 7.92. The molecule has 0 fully saturated rings. The minimum atomic E-state index is -4.65. The van der Waals surface area contributed by atoms with Gasteiger partial charge in [-0.15, -0.1) is 0 Å². The Morgan fingerprint density at radius 1 is 0.871 bits per heavy atom. The molecule has 10 heteroatoms. The third kappa shape index (κ3) is 4.75. The van der Waals surface area contributed by atoms with Gasteiger partial charge in [-0.3, -0.25) is 9.52 Å². The molecule has 31 heavy (non-hydrogen) atoms. The maximum absolute atomic E-state index is 14.0. The summed E-state index contributed by atoms with van der Waals surface area (Å²) in [6, 6.07) is 13.1. The Kier molecular flexibility index (Phi) is 6.40. The molecule has 3 rings (SSSR count). The number of hydrogen-bond donors (Lipinski definition) is 2. The second kappa shape index (κ2) is 9.00. The first-order valence-corrected chi connectivity index (χ1v) is 10.3. The smallest absolute Gasteiger partial charge is 0.267 e. The second-order valence-electron chi connectivity index (χ2n) is 6.22. The quantitative estimate of drug-likeness (QED) is 0.569. The number of nitrogens with one attached hydrogen (secondary N) is 2. The van der Waals surface area contributed by atoms with Crippen molar-refractivity contribution >= 4 is 27.3 Å². The summed E-state index contributed by atoms with van der Waals surface area (Å²) in [5, 5.41) is 2.62. The average Bonchev–Trinajstić information content (AvgIpc) is 2.73. The number of para-hydroxylation sites is 1. The van der Waals surface area contributed by atoms with Crippen LogP contribution < -0.4 is 19.5 Å². The van der Waals surface area contributed by atoms with E-state index in [2.05, 4.69) is 10.0 Å². The molecule has 0 aromatic heterocycles. The molecule has 0 spiro atoms. The maximum atomic E-state index is 14.0. The Labute approximate surface area is 177 Å². The molecular formula is C21H18F2N2O5S. The summed E-state index contributed by atoms with van der Waals surface area (Å²) < 4.78 is 65.6. The Balaban J connectivity index is 1.93. The third-order valence-electron chi connectivity index (χ3n) is 4.26. The second-order valence-corrected chi connectivity index (χ2v) is 7.84. The van der Waals surface area contributed by atoms with Gasteiger partial charge in [0.25, 0.3) is 15.9 Å². The van der Waals surface area contributed by atoms with Crippen LogP contribution in [0.25, 0.3) is 0 Å².